The molecule has 0 aromatic carbocycles. The molecule has 0 aromatic heterocycles. The Morgan fingerprint density at radius 3 is 1.17 bits per heavy atom. The summed E-state index contributed by atoms with van der Waals surface area (Å²) >= 11 is 0. The monoisotopic (exact) mass is 243 g/mol. The summed E-state index contributed by atoms with van der Waals surface area (Å²) in [4.78, 5) is 0. The number of hydrogen-bond donors (Lipinski definition) is 2. The molecule has 2 nitrogen and oxygen atoms in total. The van der Waals surface area contributed by atoms with Crippen molar-refractivity contribution in [2.45, 2.75) is 0 Å². The molecule has 0 fully saturated rings. The summed E-state index contributed by atoms with van der Waals surface area (Å²) in [5.41, 5.74) is 0. The zero-order chi connectivity index (χ0) is 3.41. The fourth-order valence-electron chi connectivity index (χ4n) is 0. The van der Waals surface area contributed by atoms with Crippen LogP contribution in [0.15, 0.2) is 0 Å². The molecule has 0 atom stereocenters. The summed E-state index contributed by atoms with van der Waals surface area (Å²) in [6, 6.07) is 0. The van der Waals surface area contributed by atoms with Gasteiger partial charge in [-0.1, -0.05) is 0 Å². The van der Waals surface area contributed by atoms with Crippen LogP contribution < -0.4 is 0 Å². The molecule has 43 valence electrons. The predicted octanol–water partition coefficient (Wildman–Crippen LogP) is -2.22. The van der Waals surface area contributed by atoms with E-state index in [4.69, 9.17) is 10.2 Å². The van der Waals surface area contributed by atoms with Crippen molar-refractivity contribution in [3.8, 4) is 0 Å². The van der Waals surface area contributed by atoms with E-state index >= 15 is 0 Å². The first kappa shape index (κ1) is 15.7. The summed E-state index contributed by atoms with van der Waals surface area (Å²) in [5, 5.41) is 15.2. The maximum absolute atomic E-state index is 7.62. The van der Waals surface area contributed by atoms with Crippen molar-refractivity contribution in [1.29, 1.82) is 0 Å². The molecular formula is C2H9CuInO2. The van der Waals surface area contributed by atoms with Crippen molar-refractivity contribution in [2.75, 3.05) is 13.2 Å². The summed E-state index contributed by atoms with van der Waals surface area (Å²) in [6.45, 7) is -0.250. The van der Waals surface area contributed by atoms with Crippen LogP contribution >= 0.6 is 0 Å². The molecule has 0 bridgehead atoms. The van der Waals surface area contributed by atoms with Crippen molar-refractivity contribution in [3.63, 3.8) is 0 Å². The average Bonchev–Trinajstić information content (AvgIpc) is 1.37. The van der Waals surface area contributed by atoms with E-state index in [0.717, 1.165) is 0 Å². The number of aliphatic hydroxyl groups excluding tert-OH is 2. The van der Waals surface area contributed by atoms with Gasteiger partial charge in [0, 0.05) is 17.1 Å². The fourth-order valence-corrected chi connectivity index (χ4v) is 0. The minimum absolute atomic E-state index is 0. The Balaban J connectivity index is -0.0000000450. The second-order valence-electron chi connectivity index (χ2n) is 0.447. The zero-order valence-electron chi connectivity index (χ0n) is 2.61. The van der Waals surface area contributed by atoms with Gasteiger partial charge in [0.25, 0.3) is 0 Å². The number of hydrogen-bond acceptors (Lipinski definition) is 2. The molecule has 0 heterocycles. The quantitative estimate of drug-likeness (QED) is 0.513. The van der Waals surface area contributed by atoms with Gasteiger partial charge in [-0.2, -0.15) is 0 Å². The van der Waals surface area contributed by atoms with Crippen molar-refractivity contribution >= 4 is 25.8 Å². The molecule has 1 radical (unpaired) electrons. The molecule has 6 heavy (non-hydrogen) atoms. The Kier molecular flexibility index (Phi) is 42.4. The summed E-state index contributed by atoms with van der Waals surface area (Å²) in [7, 11) is 0. The van der Waals surface area contributed by atoms with E-state index < -0.39 is 0 Å². The van der Waals surface area contributed by atoms with E-state index in [0.29, 0.717) is 0 Å². The van der Waals surface area contributed by atoms with Crippen LogP contribution in [0.25, 0.3) is 0 Å². The van der Waals surface area contributed by atoms with Gasteiger partial charge in [-0.15, -0.1) is 0 Å². The Hall–Kier alpha value is 1.31. The Bertz CT molecular complexity index is 13.5. The van der Waals surface area contributed by atoms with Gasteiger partial charge in [0.2, 0.25) is 0 Å². The molecule has 2 N–H and O–H groups in total. The Morgan fingerprint density at radius 2 is 1.17 bits per heavy atom. The van der Waals surface area contributed by atoms with Crippen LogP contribution in [0, 0.1) is 0 Å². The van der Waals surface area contributed by atoms with Gasteiger partial charge < -0.3 is 10.2 Å². The molecular weight excluding hydrogens is 234 g/mol. The standard InChI is InChI=1S/C2H6O2.Cu.In.3H/c3-1-2-4;;;;;/h3-4H,1-2H2;;;;;. The van der Waals surface area contributed by atoms with Crippen LogP contribution in [0.1, 0.15) is 0 Å². The van der Waals surface area contributed by atoms with E-state index in [1.54, 1.807) is 0 Å². The second kappa shape index (κ2) is 16.2. The predicted molar refractivity (Wildman–Crippen MR) is 24.1 cm³/mol. The van der Waals surface area contributed by atoms with Gasteiger partial charge in [0.05, 0.1) is 13.2 Å². The van der Waals surface area contributed by atoms with E-state index in [9.17, 15) is 0 Å². The van der Waals surface area contributed by atoms with Crippen LogP contribution in [0.2, 0.25) is 0 Å². The van der Waals surface area contributed by atoms with Crippen molar-refractivity contribution in [1.82, 2.24) is 0 Å². The fraction of sp³-hybridized carbons (Fsp3) is 1.00. The van der Waals surface area contributed by atoms with Crippen molar-refractivity contribution in [2.24, 2.45) is 0 Å². The van der Waals surface area contributed by atoms with Gasteiger partial charge in [0.1, 0.15) is 0 Å². The summed E-state index contributed by atoms with van der Waals surface area (Å²) in [6.07, 6.45) is 0. The van der Waals surface area contributed by atoms with Crippen molar-refractivity contribution < 1.29 is 27.3 Å². The molecule has 0 aliphatic rings. The van der Waals surface area contributed by atoms with Gasteiger partial charge in [-0.3, -0.25) is 0 Å². The van der Waals surface area contributed by atoms with E-state index in [1.165, 1.54) is 0 Å². The molecule has 0 amide bonds. The van der Waals surface area contributed by atoms with Crippen LogP contribution in [-0.2, 0) is 17.1 Å². The van der Waals surface area contributed by atoms with Gasteiger partial charge in [-0.05, 0) is 0 Å². The Morgan fingerprint density at radius 1 is 1.00 bits per heavy atom. The first-order valence-corrected chi connectivity index (χ1v) is 1.13. The second-order valence-corrected chi connectivity index (χ2v) is 0.447. The first-order chi connectivity index (χ1) is 1.91. The molecule has 0 saturated heterocycles. The third-order valence-electron chi connectivity index (χ3n) is 0.1000. The molecule has 0 saturated carbocycles. The Labute approximate surface area is 66.2 Å². The normalized spacial score (nSPS) is 5.00. The molecule has 0 rings (SSSR count). The summed E-state index contributed by atoms with van der Waals surface area (Å²) < 4.78 is 0. The minimum atomic E-state index is -0.125. The van der Waals surface area contributed by atoms with Crippen LogP contribution in [0.3, 0.4) is 0 Å². The molecule has 0 aromatic rings. The van der Waals surface area contributed by atoms with Crippen LogP contribution in [-0.4, -0.2) is 49.3 Å². The molecule has 0 spiro atoms. The molecule has 0 aliphatic carbocycles. The average molecular weight is 243 g/mol. The third-order valence-corrected chi connectivity index (χ3v) is 0.1000. The van der Waals surface area contributed by atoms with E-state index in [1.807, 2.05) is 0 Å². The van der Waals surface area contributed by atoms with Crippen molar-refractivity contribution in [3.05, 3.63) is 0 Å². The van der Waals surface area contributed by atoms with Gasteiger partial charge in [-0.25, -0.2) is 0 Å². The zero-order valence-corrected chi connectivity index (χ0v) is 3.55. The van der Waals surface area contributed by atoms with Gasteiger partial charge >= 0.3 is 25.8 Å². The van der Waals surface area contributed by atoms with E-state index in [2.05, 4.69) is 0 Å². The first-order valence-electron chi connectivity index (χ1n) is 1.13. The van der Waals surface area contributed by atoms with Crippen LogP contribution in [0.4, 0.5) is 0 Å². The van der Waals surface area contributed by atoms with E-state index in [-0.39, 0.29) is 56.1 Å². The SMILES string of the molecule is OCCO.[Cu].[InH3]. The number of rotatable bonds is 1. The van der Waals surface area contributed by atoms with Crippen LogP contribution in [0.5, 0.6) is 0 Å². The molecule has 0 unspecified atom stereocenters. The summed E-state index contributed by atoms with van der Waals surface area (Å²) in [5.74, 6) is 0. The third kappa shape index (κ3) is 18.5. The topological polar surface area (TPSA) is 40.5 Å². The van der Waals surface area contributed by atoms with Gasteiger partial charge in [0.15, 0.2) is 0 Å². The maximum atomic E-state index is 7.62. The molecule has 0 aliphatic heterocycles. The number of aliphatic hydroxyl groups is 2. The molecule has 4 heteroatoms.